The van der Waals surface area contributed by atoms with Gasteiger partial charge in [0.25, 0.3) is 0 Å². The molecule has 1 aliphatic carbocycles. The second-order valence-electron chi connectivity index (χ2n) is 5.59. The van der Waals surface area contributed by atoms with Gasteiger partial charge in [0.2, 0.25) is 0 Å². The van der Waals surface area contributed by atoms with Crippen LogP contribution in [-0.2, 0) is 6.42 Å². The Morgan fingerprint density at radius 3 is 2.18 bits per heavy atom. The molecule has 0 saturated heterocycles. The Hall–Kier alpha value is -2.54. The molecule has 0 spiro atoms. The standard InChI is InChI=1S/C21H18O/c1-2-22-21-13-6-5-10-19(21)18-12-7-11-17-16-9-4-3-8-15(16)14-20(17)18/h3-13H,2,14H2,1H3. The Kier molecular flexibility index (Phi) is 3.19. The third kappa shape index (κ3) is 2.01. The molecule has 108 valence electrons. The summed E-state index contributed by atoms with van der Waals surface area (Å²) in [4.78, 5) is 0. The lowest BCUT2D eigenvalue weighted by molar-refractivity contribution is 0.341. The van der Waals surface area contributed by atoms with Gasteiger partial charge in [0.1, 0.15) is 5.75 Å². The molecule has 0 bridgehead atoms. The van der Waals surface area contributed by atoms with Gasteiger partial charge in [0.15, 0.2) is 0 Å². The highest BCUT2D eigenvalue weighted by molar-refractivity contribution is 5.86. The minimum atomic E-state index is 0.687. The fourth-order valence-electron chi connectivity index (χ4n) is 3.38. The second kappa shape index (κ2) is 5.34. The molecule has 0 heterocycles. The quantitative estimate of drug-likeness (QED) is 0.495. The fourth-order valence-corrected chi connectivity index (χ4v) is 3.38. The minimum absolute atomic E-state index is 0.687. The van der Waals surface area contributed by atoms with E-state index in [1.807, 2.05) is 13.0 Å². The topological polar surface area (TPSA) is 9.23 Å². The van der Waals surface area contributed by atoms with Crippen molar-refractivity contribution in [2.75, 3.05) is 6.61 Å². The van der Waals surface area contributed by atoms with Gasteiger partial charge >= 0.3 is 0 Å². The summed E-state index contributed by atoms with van der Waals surface area (Å²) in [6, 6.07) is 23.6. The molecular weight excluding hydrogens is 268 g/mol. The molecule has 0 aromatic heterocycles. The largest absolute Gasteiger partial charge is 0.493 e. The highest BCUT2D eigenvalue weighted by Crippen LogP contribution is 2.43. The maximum Gasteiger partial charge on any atom is 0.127 e. The summed E-state index contributed by atoms with van der Waals surface area (Å²) in [7, 11) is 0. The zero-order valence-corrected chi connectivity index (χ0v) is 12.7. The first-order chi connectivity index (χ1) is 10.9. The van der Waals surface area contributed by atoms with Gasteiger partial charge in [0.05, 0.1) is 6.61 Å². The van der Waals surface area contributed by atoms with E-state index in [0.717, 1.165) is 12.2 Å². The fraction of sp³-hybridized carbons (Fsp3) is 0.143. The van der Waals surface area contributed by atoms with Crippen molar-refractivity contribution in [3.8, 4) is 28.0 Å². The van der Waals surface area contributed by atoms with Gasteiger partial charge in [0, 0.05) is 5.56 Å². The van der Waals surface area contributed by atoms with Crippen LogP contribution in [0.5, 0.6) is 5.75 Å². The van der Waals surface area contributed by atoms with E-state index in [1.54, 1.807) is 0 Å². The predicted octanol–water partition coefficient (Wildman–Crippen LogP) is 5.32. The summed E-state index contributed by atoms with van der Waals surface area (Å²) in [5.74, 6) is 0.967. The SMILES string of the molecule is CCOc1ccccc1-c1cccc2c1Cc1ccccc1-2. The Bertz CT molecular complexity index is 833. The van der Waals surface area contributed by atoms with Crippen molar-refractivity contribution in [3.63, 3.8) is 0 Å². The molecule has 1 aliphatic rings. The number of benzene rings is 3. The van der Waals surface area contributed by atoms with Crippen LogP contribution < -0.4 is 4.74 Å². The van der Waals surface area contributed by atoms with Crippen LogP contribution in [0.25, 0.3) is 22.3 Å². The van der Waals surface area contributed by atoms with Crippen molar-refractivity contribution < 1.29 is 4.74 Å². The molecule has 0 saturated carbocycles. The highest BCUT2D eigenvalue weighted by Gasteiger charge is 2.21. The van der Waals surface area contributed by atoms with E-state index in [9.17, 15) is 0 Å². The summed E-state index contributed by atoms with van der Waals surface area (Å²) in [6.45, 7) is 2.72. The summed E-state index contributed by atoms with van der Waals surface area (Å²) in [6.07, 6.45) is 1.00. The van der Waals surface area contributed by atoms with Crippen LogP contribution >= 0.6 is 0 Å². The van der Waals surface area contributed by atoms with Crippen molar-refractivity contribution in [1.82, 2.24) is 0 Å². The first-order valence-corrected chi connectivity index (χ1v) is 7.81. The van der Waals surface area contributed by atoms with E-state index in [4.69, 9.17) is 4.74 Å². The normalized spacial score (nSPS) is 11.9. The molecule has 0 N–H and O–H groups in total. The number of fused-ring (bicyclic) bond motifs is 3. The highest BCUT2D eigenvalue weighted by atomic mass is 16.5. The van der Waals surface area contributed by atoms with Gasteiger partial charge < -0.3 is 4.74 Å². The zero-order chi connectivity index (χ0) is 14.9. The Labute approximate surface area is 131 Å². The van der Waals surface area contributed by atoms with E-state index in [1.165, 1.54) is 33.4 Å². The average molecular weight is 286 g/mol. The van der Waals surface area contributed by atoms with E-state index in [0.29, 0.717) is 6.61 Å². The predicted molar refractivity (Wildman–Crippen MR) is 91.3 cm³/mol. The van der Waals surface area contributed by atoms with E-state index >= 15 is 0 Å². The maximum absolute atomic E-state index is 5.83. The third-order valence-corrected chi connectivity index (χ3v) is 4.33. The molecule has 22 heavy (non-hydrogen) atoms. The second-order valence-corrected chi connectivity index (χ2v) is 5.59. The summed E-state index contributed by atoms with van der Waals surface area (Å²) in [5, 5.41) is 0. The van der Waals surface area contributed by atoms with Crippen molar-refractivity contribution >= 4 is 0 Å². The molecule has 0 fully saturated rings. The first-order valence-electron chi connectivity index (χ1n) is 7.81. The van der Waals surface area contributed by atoms with Crippen molar-refractivity contribution in [2.45, 2.75) is 13.3 Å². The molecule has 0 radical (unpaired) electrons. The van der Waals surface area contributed by atoms with Crippen LogP contribution in [0.4, 0.5) is 0 Å². The average Bonchev–Trinajstić information content (AvgIpc) is 2.94. The molecule has 0 unspecified atom stereocenters. The monoisotopic (exact) mass is 286 g/mol. The zero-order valence-electron chi connectivity index (χ0n) is 12.7. The van der Waals surface area contributed by atoms with Gasteiger partial charge in [-0.25, -0.2) is 0 Å². The lowest BCUT2D eigenvalue weighted by atomic mass is 9.95. The van der Waals surface area contributed by atoms with Gasteiger partial charge in [-0.05, 0) is 47.2 Å². The van der Waals surface area contributed by atoms with Gasteiger partial charge in [-0.1, -0.05) is 60.7 Å². The molecule has 1 heteroatoms. The smallest absolute Gasteiger partial charge is 0.127 e. The first kappa shape index (κ1) is 13.1. The van der Waals surface area contributed by atoms with Crippen LogP contribution in [0.1, 0.15) is 18.1 Å². The van der Waals surface area contributed by atoms with Crippen molar-refractivity contribution in [2.24, 2.45) is 0 Å². The summed E-state index contributed by atoms with van der Waals surface area (Å²) in [5.41, 5.74) is 8.04. The number of rotatable bonds is 3. The van der Waals surface area contributed by atoms with Crippen LogP contribution in [-0.4, -0.2) is 6.61 Å². The van der Waals surface area contributed by atoms with Gasteiger partial charge in [-0.2, -0.15) is 0 Å². The molecule has 3 aromatic carbocycles. The number of para-hydroxylation sites is 1. The maximum atomic E-state index is 5.83. The molecule has 0 atom stereocenters. The van der Waals surface area contributed by atoms with E-state index < -0.39 is 0 Å². The van der Waals surface area contributed by atoms with Gasteiger partial charge in [-0.15, -0.1) is 0 Å². The Balaban J connectivity index is 1.90. The molecule has 3 aromatic rings. The minimum Gasteiger partial charge on any atom is -0.493 e. The molecule has 0 aliphatic heterocycles. The van der Waals surface area contributed by atoms with E-state index in [2.05, 4.69) is 60.7 Å². The summed E-state index contributed by atoms with van der Waals surface area (Å²) >= 11 is 0. The summed E-state index contributed by atoms with van der Waals surface area (Å²) < 4.78 is 5.83. The number of hydrogen-bond acceptors (Lipinski definition) is 1. The van der Waals surface area contributed by atoms with Crippen LogP contribution in [0.2, 0.25) is 0 Å². The van der Waals surface area contributed by atoms with Crippen LogP contribution in [0.3, 0.4) is 0 Å². The number of ether oxygens (including phenoxy) is 1. The van der Waals surface area contributed by atoms with Crippen molar-refractivity contribution in [1.29, 1.82) is 0 Å². The lowest BCUT2D eigenvalue weighted by Gasteiger charge is -2.13. The van der Waals surface area contributed by atoms with E-state index in [-0.39, 0.29) is 0 Å². The molecule has 1 nitrogen and oxygen atoms in total. The molecule has 4 rings (SSSR count). The van der Waals surface area contributed by atoms with Crippen molar-refractivity contribution in [3.05, 3.63) is 77.9 Å². The van der Waals surface area contributed by atoms with Crippen LogP contribution in [0, 0.1) is 0 Å². The lowest BCUT2D eigenvalue weighted by Crippen LogP contribution is -1.95. The molecular formula is C21H18O. The Morgan fingerprint density at radius 1 is 0.727 bits per heavy atom. The van der Waals surface area contributed by atoms with Crippen LogP contribution in [0.15, 0.2) is 66.7 Å². The Morgan fingerprint density at radius 2 is 1.36 bits per heavy atom. The van der Waals surface area contributed by atoms with Gasteiger partial charge in [-0.3, -0.25) is 0 Å². The third-order valence-electron chi connectivity index (χ3n) is 4.33. The number of hydrogen-bond donors (Lipinski definition) is 0. The molecule has 0 amide bonds.